The van der Waals surface area contributed by atoms with E-state index in [0.717, 1.165) is 38.9 Å². The Hall–Kier alpha value is -4.46. The average Bonchev–Trinajstić information content (AvgIpc) is 3.28. The molecule has 1 heterocycles. The average molecular weight is 584 g/mol. The number of aryl methyl sites for hydroxylation is 1. The second-order valence-corrected chi connectivity index (χ2v) is 11.2. The van der Waals surface area contributed by atoms with Gasteiger partial charge in [-0.2, -0.15) is 0 Å². The van der Waals surface area contributed by atoms with Gasteiger partial charge in [0, 0.05) is 35.6 Å². The summed E-state index contributed by atoms with van der Waals surface area (Å²) < 4.78 is 21.4. The fourth-order valence-electron chi connectivity index (χ4n) is 6.04. The van der Waals surface area contributed by atoms with E-state index in [0.29, 0.717) is 32.2 Å². The molecule has 3 aromatic carbocycles. The van der Waals surface area contributed by atoms with Crippen LogP contribution in [0.4, 0.5) is 4.39 Å². The van der Waals surface area contributed by atoms with Crippen LogP contribution in [0.15, 0.2) is 72.8 Å². The molecule has 0 saturated carbocycles. The van der Waals surface area contributed by atoms with Gasteiger partial charge in [-0.25, -0.2) is 4.39 Å². The fraction of sp³-hybridized carbons (Fsp3) is 0.343. The largest absolute Gasteiger partial charge is 0.465 e. The van der Waals surface area contributed by atoms with E-state index in [9.17, 15) is 18.8 Å². The summed E-state index contributed by atoms with van der Waals surface area (Å²) in [5.41, 5.74) is 5.80. The number of ether oxygens (including phenoxy) is 1. The molecule has 1 unspecified atom stereocenters. The third-order valence-corrected chi connectivity index (χ3v) is 8.23. The molecular formula is C35H38FN3O4. The highest BCUT2D eigenvalue weighted by Crippen LogP contribution is 2.33. The van der Waals surface area contributed by atoms with Gasteiger partial charge in [0.05, 0.1) is 12.5 Å². The number of hydrogen-bond acceptors (Lipinski definition) is 4. The first-order valence-corrected chi connectivity index (χ1v) is 14.9. The van der Waals surface area contributed by atoms with E-state index in [-0.39, 0.29) is 49.2 Å². The molecule has 0 saturated heterocycles. The van der Waals surface area contributed by atoms with Crippen molar-refractivity contribution in [1.29, 1.82) is 0 Å². The van der Waals surface area contributed by atoms with Gasteiger partial charge in [0.15, 0.2) is 0 Å². The molecule has 43 heavy (non-hydrogen) atoms. The molecule has 4 aromatic rings. The van der Waals surface area contributed by atoms with Crippen molar-refractivity contribution in [3.63, 3.8) is 0 Å². The first kappa shape index (κ1) is 30.0. The molecule has 0 radical (unpaired) electrons. The molecule has 2 N–H and O–H groups in total. The zero-order valence-electron chi connectivity index (χ0n) is 24.7. The van der Waals surface area contributed by atoms with Crippen molar-refractivity contribution < 1.29 is 23.5 Å². The smallest absolute Gasteiger partial charge is 0.325 e. The number of halogens is 1. The summed E-state index contributed by atoms with van der Waals surface area (Å²) in [5.74, 6) is -1.60. The number of hydrogen-bond donors (Lipinski definition) is 2. The Morgan fingerprint density at radius 2 is 1.81 bits per heavy atom. The molecule has 0 aliphatic heterocycles. The van der Waals surface area contributed by atoms with Gasteiger partial charge >= 0.3 is 5.97 Å². The first-order valence-electron chi connectivity index (χ1n) is 14.9. The van der Waals surface area contributed by atoms with E-state index >= 15 is 0 Å². The Morgan fingerprint density at radius 1 is 1.05 bits per heavy atom. The maximum atomic E-state index is 14.3. The van der Waals surface area contributed by atoms with Gasteiger partial charge in [-0.1, -0.05) is 54.6 Å². The third-order valence-electron chi connectivity index (χ3n) is 8.23. The van der Waals surface area contributed by atoms with Crippen LogP contribution < -0.4 is 10.6 Å². The van der Waals surface area contributed by atoms with Gasteiger partial charge < -0.3 is 19.9 Å². The van der Waals surface area contributed by atoms with Gasteiger partial charge in [-0.3, -0.25) is 14.4 Å². The third kappa shape index (κ3) is 7.31. The summed E-state index contributed by atoms with van der Waals surface area (Å²) in [7, 11) is 0. The summed E-state index contributed by atoms with van der Waals surface area (Å²) in [6.07, 6.45) is 2.30. The lowest BCUT2D eigenvalue weighted by Gasteiger charge is -2.27. The highest BCUT2D eigenvalue weighted by atomic mass is 19.1. The lowest BCUT2D eigenvalue weighted by molar-refractivity contribution is -0.143. The van der Waals surface area contributed by atoms with Crippen LogP contribution in [-0.4, -0.2) is 35.0 Å². The first-order chi connectivity index (χ1) is 20.8. The molecule has 7 nitrogen and oxygen atoms in total. The Morgan fingerprint density at radius 3 is 2.58 bits per heavy atom. The zero-order chi connectivity index (χ0) is 30.3. The van der Waals surface area contributed by atoms with Crippen LogP contribution in [0.1, 0.15) is 47.7 Å². The topological polar surface area (TPSA) is 89.4 Å². The van der Waals surface area contributed by atoms with Gasteiger partial charge in [-0.05, 0) is 80.0 Å². The predicted octanol–water partition coefficient (Wildman–Crippen LogP) is 5.19. The quantitative estimate of drug-likeness (QED) is 0.238. The van der Waals surface area contributed by atoms with Gasteiger partial charge in [-0.15, -0.1) is 0 Å². The highest BCUT2D eigenvalue weighted by molar-refractivity contribution is 5.88. The van der Waals surface area contributed by atoms with Crippen molar-refractivity contribution in [3.8, 4) is 0 Å². The minimum absolute atomic E-state index is 0.0547. The molecule has 1 aliphatic rings. The summed E-state index contributed by atoms with van der Waals surface area (Å²) in [4.78, 5) is 39.1. The lowest BCUT2D eigenvalue weighted by atomic mass is 9.89. The Kier molecular flexibility index (Phi) is 9.55. The van der Waals surface area contributed by atoms with Crippen molar-refractivity contribution in [2.75, 3.05) is 6.61 Å². The summed E-state index contributed by atoms with van der Waals surface area (Å²) in [5, 5.41) is 6.93. The van der Waals surface area contributed by atoms with E-state index in [1.807, 2.05) is 66.1 Å². The molecule has 1 aliphatic carbocycles. The minimum atomic E-state index is -0.553. The molecule has 2 amide bonds. The second kappa shape index (κ2) is 13.7. The Balaban J connectivity index is 1.31. The van der Waals surface area contributed by atoms with Crippen LogP contribution in [0.5, 0.6) is 0 Å². The van der Waals surface area contributed by atoms with Gasteiger partial charge in [0.2, 0.25) is 11.8 Å². The maximum Gasteiger partial charge on any atom is 0.325 e. The monoisotopic (exact) mass is 583 g/mol. The van der Waals surface area contributed by atoms with Crippen molar-refractivity contribution in [2.45, 2.75) is 65.1 Å². The van der Waals surface area contributed by atoms with Crippen LogP contribution in [0.3, 0.4) is 0 Å². The van der Waals surface area contributed by atoms with E-state index in [4.69, 9.17) is 4.74 Å². The van der Waals surface area contributed by atoms with Crippen molar-refractivity contribution in [1.82, 2.24) is 15.2 Å². The van der Waals surface area contributed by atoms with Crippen LogP contribution >= 0.6 is 0 Å². The Bertz CT molecular complexity index is 1610. The summed E-state index contributed by atoms with van der Waals surface area (Å²) in [6.45, 7) is 4.52. The molecule has 8 heteroatoms. The number of aromatic nitrogens is 1. The number of rotatable bonds is 11. The van der Waals surface area contributed by atoms with Crippen LogP contribution in [0, 0.1) is 18.7 Å². The van der Waals surface area contributed by atoms with Crippen molar-refractivity contribution in [3.05, 3.63) is 107 Å². The maximum absolute atomic E-state index is 14.3. The molecule has 0 spiro atoms. The van der Waals surface area contributed by atoms with E-state index < -0.39 is 5.92 Å². The fourth-order valence-corrected chi connectivity index (χ4v) is 6.04. The Labute approximate surface area is 251 Å². The molecule has 5 rings (SSSR count). The number of nitrogens with one attached hydrogen (secondary N) is 2. The number of fused-ring (bicyclic) bond motifs is 3. The molecular weight excluding hydrogens is 545 g/mol. The zero-order valence-corrected chi connectivity index (χ0v) is 24.7. The summed E-state index contributed by atoms with van der Waals surface area (Å²) in [6, 6.07) is 22.0. The second-order valence-electron chi connectivity index (χ2n) is 11.2. The predicted molar refractivity (Wildman–Crippen MR) is 164 cm³/mol. The summed E-state index contributed by atoms with van der Waals surface area (Å²) >= 11 is 0. The lowest BCUT2D eigenvalue weighted by Crippen LogP contribution is -2.44. The number of nitrogens with zero attached hydrogens (tertiary/aromatic N) is 1. The van der Waals surface area contributed by atoms with Gasteiger partial charge in [0.1, 0.15) is 12.4 Å². The molecule has 0 fully saturated rings. The van der Waals surface area contributed by atoms with E-state index in [1.54, 1.807) is 13.0 Å². The number of carbonyl (C=O) groups excluding carboxylic acids is 3. The SMILES string of the molecule is CCOC(=O)Cn1c2c(c3cc(F)ccc31)C[C@@H](NC(=O)C(CC(=O)NCc1ccccc1C)Cc1ccccc1)CC2. The van der Waals surface area contributed by atoms with Crippen LogP contribution in [0.25, 0.3) is 10.9 Å². The molecule has 224 valence electrons. The van der Waals surface area contributed by atoms with Crippen LogP contribution in [-0.2, 0) is 51.5 Å². The van der Waals surface area contributed by atoms with Crippen LogP contribution in [0.2, 0.25) is 0 Å². The van der Waals surface area contributed by atoms with E-state index in [2.05, 4.69) is 10.6 Å². The molecule has 2 atom stereocenters. The minimum Gasteiger partial charge on any atom is -0.465 e. The highest BCUT2D eigenvalue weighted by Gasteiger charge is 2.30. The number of benzene rings is 3. The number of carbonyl (C=O) groups is 3. The number of amides is 2. The molecule has 0 bridgehead atoms. The van der Waals surface area contributed by atoms with Gasteiger partial charge in [0.25, 0.3) is 0 Å². The molecule has 1 aromatic heterocycles. The van der Waals surface area contributed by atoms with Crippen molar-refractivity contribution in [2.24, 2.45) is 5.92 Å². The van der Waals surface area contributed by atoms with Crippen molar-refractivity contribution >= 4 is 28.7 Å². The standard InChI is InChI=1S/C35H38FN3O4/c1-3-43-34(41)22-39-31-15-13-27(36)19-29(31)30-20-28(14-16-32(30)39)38-35(42)26(17-24-10-5-4-6-11-24)18-33(40)37-21-25-12-8-7-9-23(25)2/h4-13,15,19,26,28H,3,14,16-18,20-22H2,1-2H3,(H,37,40)(H,38,42)/t26?,28-/m0/s1. The van der Waals surface area contributed by atoms with E-state index in [1.165, 1.54) is 12.1 Å². The normalized spacial score (nSPS) is 15.0. The number of esters is 1.